The summed E-state index contributed by atoms with van der Waals surface area (Å²) < 4.78 is 82.2. The summed E-state index contributed by atoms with van der Waals surface area (Å²) in [5.74, 6) is -8.33. The average Bonchev–Trinajstić information content (AvgIpc) is 2.69. The smallest absolute Gasteiger partial charge is 0.203 e. The third-order valence-corrected chi connectivity index (χ3v) is 4.38. The molecule has 0 aromatic heterocycles. The molecule has 146 valence electrons. The Bertz CT molecular complexity index is 817. The van der Waals surface area contributed by atoms with Gasteiger partial charge < -0.3 is 14.2 Å². The van der Waals surface area contributed by atoms with Gasteiger partial charge in [-0.15, -0.1) is 11.8 Å². The van der Waals surface area contributed by atoms with E-state index in [1.807, 2.05) is 0 Å². The van der Waals surface area contributed by atoms with Crippen molar-refractivity contribution in [1.29, 1.82) is 0 Å². The molecule has 0 saturated heterocycles. The van der Waals surface area contributed by atoms with E-state index in [0.29, 0.717) is 23.0 Å². The lowest BCUT2D eigenvalue weighted by Gasteiger charge is -2.13. The molecule has 0 amide bonds. The van der Waals surface area contributed by atoms with Crippen LogP contribution in [-0.2, 0) is 5.75 Å². The van der Waals surface area contributed by atoms with E-state index in [1.165, 1.54) is 26.7 Å². The normalized spacial score (nSPS) is 11.1. The van der Waals surface area contributed by atoms with Crippen LogP contribution in [0.1, 0.15) is 11.1 Å². The summed E-state index contributed by atoms with van der Waals surface area (Å²) in [5, 5.41) is 1.24. The van der Waals surface area contributed by atoms with Crippen molar-refractivity contribution >= 4 is 17.8 Å². The fourth-order valence-corrected chi connectivity index (χ4v) is 2.94. The Kier molecular flexibility index (Phi) is 6.95. The molecule has 2 aromatic rings. The molecule has 0 saturated carbocycles. The highest BCUT2D eigenvalue weighted by Gasteiger charge is 2.24. The lowest BCUT2D eigenvalue weighted by atomic mass is 10.1. The number of halogens is 5. The van der Waals surface area contributed by atoms with Crippen LogP contribution in [0.15, 0.2) is 17.5 Å². The largest absolute Gasteiger partial charge is 0.493 e. The summed E-state index contributed by atoms with van der Waals surface area (Å²) in [5.41, 5.74) is -0.264. The van der Waals surface area contributed by atoms with E-state index in [0.717, 1.165) is 23.4 Å². The molecule has 0 spiro atoms. The SMILES string of the molecule is COc1cc(CSC=Cc2c(F)c(F)c(F)c(F)c2F)cc(OC)c1OC. The van der Waals surface area contributed by atoms with Crippen LogP contribution in [0.4, 0.5) is 22.0 Å². The van der Waals surface area contributed by atoms with Gasteiger partial charge in [-0.05, 0) is 29.2 Å². The highest BCUT2D eigenvalue weighted by Crippen LogP contribution is 2.39. The molecular formula is C18H15F5O3S. The third-order valence-electron chi connectivity index (χ3n) is 3.55. The van der Waals surface area contributed by atoms with Crippen LogP contribution in [0.2, 0.25) is 0 Å². The molecule has 27 heavy (non-hydrogen) atoms. The lowest BCUT2D eigenvalue weighted by molar-refractivity contribution is 0.324. The molecule has 9 heteroatoms. The van der Waals surface area contributed by atoms with Gasteiger partial charge >= 0.3 is 0 Å². The van der Waals surface area contributed by atoms with Gasteiger partial charge in [-0.3, -0.25) is 0 Å². The van der Waals surface area contributed by atoms with Crippen LogP contribution in [0.25, 0.3) is 6.08 Å². The Morgan fingerprint density at radius 3 is 1.70 bits per heavy atom. The second kappa shape index (κ2) is 8.98. The Morgan fingerprint density at radius 2 is 1.26 bits per heavy atom. The molecule has 2 rings (SSSR count). The first-order valence-electron chi connectivity index (χ1n) is 7.44. The van der Waals surface area contributed by atoms with E-state index in [1.54, 1.807) is 12.1 Å². The topological polar surface area (TPSA) is 27.7 Å². The predicted octanol–water partition coefficient (Wildman–Crippen LogP) is 5.31. The van der Waals surface area contributed by atoms with Gasteiger partial charge in [0.15, 0.2) is 34.8 Å². The van der Waals surface area contributed by atoms with Crippen molar-refractivity contribution in [3.63, 3.8) is 0 Å². The number of thioether (sulfide) groups is 1. The lowest BCUT2D eigenvalue weighted by Crippen LogP contribution is -2.03. The van der Waals surface area contributed by atoms with Gasteiger partial charge in [-0.25, -0.2) is 22.0 Å². The Balaban J connectivity index is 2.20. The predicted molar refractivity (Wildman–Crippen MR) is 92.7 cm³/mol. The standard InChI is InChI=1S/C18H15F5O3S/c1-24-11-6-9(7-12(25-2)18(11)26-3)8-27-5-4-10-13(19)15(21)17(23)16(22)14(10)20/h4-7H,8H2,1-3H3. The second-order valence-corrected chi connectivity index (χ2v) is 6.03. The summed E-state index contributed by atoms with van der Waals surface area (Å²) in [6.07, 6.45) is 0.832. The minimum Gasteiger partial charge on any atom is -0.493 e. The van der Waals surface area contributed by atoms with Gasteiger partial charge in [0.2, 0.25) is 11.6 Å². The fraction of sp³-hybridized carbons (Fsp3) is 0.222. The van der Waals surface area contributed by atoms with Gasteiger partial charge in [-0.1, -0.05) is 0 Å². The number of methoxy groups -OCH3 is 3. The molecule has 0 aliphatic heterocycles. The zero-order valence-corrected chi connectivity index (χ0v) is 15.4. The van der Waals surface area contributed by atoms with Gasteiger partial charge in [0, 0.05) is 5.75 Å². The number of rotatable bonds is 7. The molecule has 0 heterocycles. The van der Waals surface area contributed by atoms with Gasteiger partial charge in [0.1, 0.15) is 0 Å². The first kappa shape index (κ1) is 20.9. The van der Waals surface area contributed by atoms with Crippen molar-refractivity contribution in [1.82, 2.24) is 0 Å². The van der Waals surface area contributed by atoms with E-state index in [-0.39, 0.29) is 0 Å². The van der Waals surface area contributed by atoms with Crippen molar-refractivity contribution in [2.45, 2.75) is 5.75 Å². The summed E-state index contributed by atoms with van der Waals surface area (Å²) in [7, 11) is 4.37. The number of hydrogen-bond donors (Lipinski definition) is 0. The summed E-state index contributed by atoms with van der Waals surface area (Å²) >= 11 is 1.08. The molecule has 0 N–H and O–H groups in total. The van der Waals surface area contributed by atoms with Crippen LogP contribution in [0, 0.1) is 29.1 Å². The molecule has 0 unspecified atom stereocenters. The van der Waals surface area contributed by atoms with Gasteiger partial charge in [0.25, 0.3) is 0 Å². The molecule has 0 aliphatic rings. The molecule has 2 aromatic carbocycles. The summed E-state index contributed by atoms with van der Waals surface area (Å²) in [6, 6.07) is 3.36. The Hall–Kier alpha value is -2.42. The van der Waals surface area contributed by atoms with Crippen LogP contribution >= 0.6 is 11.8 Å². The van der Waals surface area contributed by atoms with Crippen LogP contribution in [0.3, 0.4) is 0 Å². The average molecular weight is 406 g/mol. The van der Waals surface area contributed by atoms with E-state index >= 15 is 0 Å². The van der Waals surface area contributed by atoms with Crippen LogP contribution in [-0.4, -0.2) is 21.3 Å². The van der Waals surface area contributed by atoms with Gasteiger partial charge in [-0.2, -0.15) is 0 Å². The van der Waals surface area contributed by atoms with E-state index in [4.69, 9.17) is 14.2 Å². The molecule has 0 aliphatic carbocycles. The zero-order chi connectivity index (χ0) is 20.1. The van der Waals surface area contributed by atoms with Crippen molar-refractivity contribution in [2.75, 3.05) is 21.3 Å². The first-order chi connectivity index (χ1) is 12.8. The molecule has 0 radical (unpaired) electrons. The molecule has 3 nitrogen and oxygen atoms in total. The van der Waals surface area contributed by atoms with Crippen molar-refractivity contribution < 1.29 is 36.2 Å². The van der Waals surface area contributed by atoms with E-state index < -0.39 is 34.6 Å². The number of ether oxygens (including phenoxy) is 3. The summed E-state index contributed by atoms with van der Waals surface area (Å²) in [4.78, 5) is 0. The highest BCUT2D eigenvalue weighted by molar-refractivity contribution is 8.01. The maximum atomic E-state index is 13.6. The monoisotopic (exact) mass is 406 g/mol. The number of benzene rings is 2. The molecular weight excluding hydrogens is 391 g/mol. The van der Waals surface area contributed by atoms with Crippen molar-refractivity contribution in [3.8, 4) is 17.2 Å². The Labute approximate surface area is 156 Å². The maximum absolute atomic E-state index is 13.6. The van der Waals surface area contributed by atoms with E-state index in [9.17, 15) is 22.0 Å². The van der Waals surface area contributed by atoms with Crippen LogP contribution in [0.5, 0.6) is 17.2 Å². The van der Waals surface area contributed by atoms with Crippen molar-refractivity contribution in [2.24, 2.45) is 0 Å². The maximum Gasteiger partial charge on any atom is 0.203 e. The quantitative estimate of drug-likeness (QED) is 0.354. The summed E-state index contributed by atoms with van der Waals surface area (Å²) in [6.45, 7) is 0. The minimum atomic E-state index is -2.19. The molecule has 0 fully saturated rings. The molecule has 0 bridgehead atoms. The highest BCUT2D eigenvalue weighted by atomic mass is 32.2. The Morgan fingerprint density at radius 1 is 0.778 bits per heavy atom. The van der Waals surface area contributed by atoms with E-state index in [2.05, 4.69) is 0 Å². The number of hydrogen-bond acceptors (Lipinski definition) is 4. The first-order valence-corrected chi connectivity index (χ1v) is 8.49. The minimum absolute atomic E-state index is 0.322. The second-order valence-electron chi connectivity index (χ2n) is 5.13. The molecule has 0 atom stereocenters. The fourth-order valence-electron chi connectivity index (χ4n) is 2.25. The van der Waals surface area contributed by atoms with Crippen molar-refractivity contribution in [3.05, 3.63) is 57.8 Å². The van der Waals surface area contributed by atoms with Crippen LogP contribution < -0.4 is 14.2 Å². The van der Waals surface area contributed by atoms with Gasteiger partial charge in [0.05, 0.1) is 26.9 Å². The zero-order valence-electron chi connectivity index (χ0n) is 14.5. The third kappa shape index (κ3) is 4.29.